The Bertz CT molecular complexity index is 990. The van der Waals surface area contributed by atoms with Gasteiger partial charge in [-0.3, -0.25) is 4.79 Å². The number of aryl methyl sites for hydroxylation is 1. The summed E-state index contributed by atoms with van der Waals surface area (Å²) in [4.78, 5) is 11.8. The second-order valence-corrected chi connectivity index (χ2v) is 9.37. The second kappa shape index (κ2) is 7.26. The summed E-state index contributed by atoms with van der Waals surface area (Å²) in [7, 11) is -3.59. The van der Waals surface area contributed by atoms with Crippen molar-refractivity contribution in [1.82, 2.24) is 4.31 Å². The fourth-order valence-corrected chi connectivity index (χ4v) is 5.86. The van der Waals surface area contributed by atoms with E-state index in [1.165, 1.54) is 0 Å². The minimum absolute atomic E-state index is 0.0301. The van der Waals surface area contributed by atoms with E-state index in [2.05, 4.69) is 5.32 Å². The molecular weight excluding hydrogens is 384 g/mol. The van der Waals surface area contributed by atoms with Crippen molar-refractivity contribution in [3.05, 3.63) is 58.6 Å². The third-order valence-corrected chi connectivity index (χ3v) is 7.63. The highest BCUT2D eigenvalue weighted by atomic mass is 35.5. The topological polar surface area (TPSA) is 66.5 Å². The van der Waals surface area contributed by atoms with E-state index in [9.17, 15) is 13.2 Å². The number of hydrogen-bond acceptors (Lipinski definition) is 3. The van der Waals surface area contributed by atoms with Crippen LogP contribution in [0.2, 0.25) is 5.02 Å². The van der Waals surface area contributed by atoms with E-state index < -0.39 is 10.0 Å². The molecular formula is C20H21ClN2O3S. The Morgan fingerprint density at radius 2 is 1.96 bits per heavy atom. The Morgan fingerprint density at radius 3 is 2.78 bits per heavy atom. The molecule has 0 aromatic heterocycles. The maximum atomic E-state index is 13.3. The molecule has 142 valence electrons. The number of carbonyl (C=O) groups excluding carboxylic acids is 1. The van der Waals surface area contributed by atoms with Crippen LogP contribution in [0.4, 0.5) is 5.69 Å². The molecule has 1 saturated heterocycles. The smallest absolute Gasteiger partial charge is 0.243 e. The Morgan fingerprint density at radius 1 is 1.15 bits per heavy atom. The van der Waals surface area contributed by atoms with Crippen molar-refractivity contribution in [2.24, 2.45) is 0 Å². The molecule has 1 fully saturated rings. The molecule has 2 aliphatic heterocycles. The summed E-state index contributed by atoms with van der Waals surface area (Å²) in [5, 5.41) is 3.47. The van der Waals surface area contributed by atoms with Crippen LogP contribution in [0.25, 0.3) is 0 Å². The van der Waals surface area contributed by atoms with Crippen LogP contribution in [0, 0.1) is 0 Å². The maximum absolute atomic E-state index is 13.3. The quantitative estimate of drug-likeness (QED) is 0.846. The number of nitrogens with zero attached hydrogens (tertiary/aromatic N) is 1. The van der Waals surface area contributed by atoms with E-state index in [1.54, 1.807) is 22.5 Å². The van der Waals surface area contributed by atoms with Crippen LogP contribution in [0.15, 0.2) is 47.4 Å². The molecule has 0 bridgehead atoms. The number of hydrogen-bond donors (Lipinski definition) is 1. The Balaban J connectivity index is 1.61. The Labute approximate surface area is 164 Å². The van der Waals surface area contributed by atoms with Gasteiger partial charge in [0.25, 0.3) is 0 Å². The standard InChI is InChI=1S/C20H21ClN2O3S/c21-18-6-2-1-4-14(18)12-16-5-3-11-23(16)27(25,26)17-8-9-19-15(13-17)7-10-20(24)22-19/h1-2,4,6,8-9,13,16H,3,5,7,10-12H2,(H,22,24). The zero-order valence-electron chi connectivity index (χ0n) is 14.8. The zero-order chi connectivity index (χ0) is 19.0. The Hall–Kier alpha value is -1.89. The van der Waals surface area contributed by atoms with E-state index in [1.807, 2.05) is 24.3 Å². The van der Waals surface area contributed by atoms with Crippen molar-refractivity contribution in [3.8, 4) is 0 Å². The highest BCUT2D eigenvalue weighted by molar-refractivity contribution is 7.89. The first-order valence-electron chi connectivity index (χ1n) is 9.13. The lowest BCUT2D eigenvalue weighted by atomic mass is 10.0. The van der Waals surface area contributed by atoms with Crippen molar-refractivity contribution < 1.29 is 13.2 Å². The van der Waals surface area contributed by atoms with Gasteiger partial charge >= 0.3 is 0 Å². The van der Waals surface area contributed by atoms with Gasteiger partial charge in [0.15, 0.2) is 0 Å². The van der Waals surface area contributed by atoms with Crippen LogP contribution >= 0.6 is 11.6 Å². The molecule has 1 N–H and O–H groups in total. The number of benzene rings is 2. The molecule has 4 rings (SSSR count). The van der Waals surface area contributed by atoms with Crippen molar-refractivity contribution in [2.75, 3.05) is 11.9 Å². The molecule has 2 aromatic carbocycles. The maximum Gasteiger partial charge on any atom is 0.243 e. The summed E-state index contributed by atoms with van der Waals surface area (Å²) in [6.07, 6.45) is 3.23. The van der Waals surface area contributed by atoms with Gasteiger partial charge < -0.3 is 5.32 Å². The molecule has 0 aliphatic carbocycles. The summed E-state index contributed by atoms with van der Waals surface area (Å²) < 4.78 is 28.2. The van der Waals surface area contributed by atoms with Gasteiger partial charge in [-0.2, -0.15) is 4.31 Å². The molecule has 5 nitrogen and oxygen atoms in total. The first-order chi connectivity index (χ1) is 12.9. The van der Waals surface area contributed by atoms with Gasteiger partial charge in [0.2, 0.25) is 15.9 Å². The highest BCUT2D eigenvalue weighted by Crippen LogP contribution is 2.32. The van der Waals surface area contributed by atoms with Crippen molar-refractivity contribution in [1.29, 1.82) is 0 Å². The summed E-state index contributed by atoms with van der Waals surface area (Å²) >= 11 is 6.27. The van der Waals surface area contributed by atoms with E-state index >= 15 is 0 Å². The van der Waals surface area contributed by atoms with Crippen LogP contribution in [0.1, 0.15) is 30.4 Å². The van der Waals surface area contributed by atoms with Crippen LogP contribution < -0.4 is 5.32 Å². The number of amides is 1. The van der Waals surface area contributed by atoms with Crippen LogP contribution in [0.5, 0.6) is 0 Å². The summed E-state index contributed by atoms with van der Waals surface area (Å²) in [5.41, 5.74) is 2.55. The summed E-state index contributed by atoms with van der Waals surface area (Å²) in [6, 6.07) is 12.5. The summed E-state index contributed by atoms with van der Waals surface area (Å²) in [6.45, 7) is 0.519. The van der Waals surface area contributed by atoms with Gasteiger partial charge in [-0.15, -0.1) is 0 Å². The number of nitrogens with one attached hydrogen (secondary N) is 1. The van der Waals surface area contributed by atoms with Crippen LogP contribution in [0.3, 0.4) is 0 Å². The SMILES string of the molecule is O=C1CCc2cc(S(=O)(=O)N3CCCC3Cc3ccccc3Cl)ccc2N1. The van der Waals surface area contributed by atoms with Crippen molar-refractivity contribution in [3.63, 3.8) is 0 Å². The lowest BCUT2D eigenvalue weighted by Crippen LogP contribution is -2.37. The molecule has 27 heavy (non-hydrogen) atoms. The van der Waals surface area contributed by atoms with Crippen molar-refractivity contribution in [2.45, 2.75) is 43.0 Å². The molecule has 2 aliphatic rings. The van der Waals surface area contributed by atoms with Gasteiger partial charge in [-0.25, -0.2) is 8.42 Å². The molecule has 1 amide bonds. The van der Waals surface area contributed by atoms with Gasteiger partial charge in [-0.05, 0) is 61.1 Å². The average molecular weight is 405 g/mol. The summed E-state index contributed by atoms with van der Waals surface area (Å²) in [5.74, 6) is -0.0301. The Kier molecular flexibility index (Phi) is 4.97. The van der Waals surface area contributed by atoms with Gasteiger partial charge in [-0.1, -0.05) is 29.8 Å². The lowest BCUT2D eigenvalue weighted by Gasteiger charge is -2.25. The molecule has 0 radical (unpaired) electrons. The zero-order valence-corrected chi connectivity index (χ0v) is 16.4. The normalized spacial score (nSPS) is 20.3. The highest BCUT2D eigenvalue weighted by Gasteiger charge is 2.36. The molecule has 2 heterocycles. The molecule has 1 atom stereocenters. The average Bonchev–Trinajstić information content (AvgIpc) is 3.12. The first kappa shape index (κ1) is 18.5. The monoisotopic (exact) mass is 404 g/mol. The molecule has 0 saturated carbocycles. The first-order valence-corrected chi connectivity index (χ1v) is 10.9. The van der Waals surface area contributed by atoms with Gasteiger partial charge in [0.1, 0.15) is 0 Å². The third-order valence-electron chi connectivity index (χ3n) is 5.32. The van der Waals surface area contributed by atoms with E-state index in [4.69, 9.17) is 11.6 Å². The van der Waals surface area contributed by atoms with Crippen LogP contribution in [-0.4, -0.2) is 31.2 Å². The number of halogens is 1. The minimum atomic E-state index is -3.59. The number of anilines is 1. The molecule has 0 spiro atoms. The molecule has 2 aromatic rings. The van der Waals surface area contributed by atoms with Gasteiger partial charge in [0.05, 0.1) is 4.90 Å². The van der Waals surface area contributed by atoms with E-state index in [-0.39, 0.29) is 11.9 Å². The predicted molar refractivity (Wildman–Crippen MR) is 105 cm³/mol. The largest absolute Gasteiger partial charge is 0.326 e. The van der Waals surface area contributed by atoms with E-state index in [0.29, 0.717) is 41.4 Å². The number of carbonyl (C=O) groups is 1. The number of sulfonamides is 1. The predicted octanol–water partition coefficient (Wildman–Crippen LogP) is 3.62. The fraction of sp³-hybridized carbons (Fsp3) is 0.350. The number of rotatable bonds is 4. The van der Waals surface area contributed by atoms with E-state index in [0.717, 1.165) is 24.0 Å². The van der Waals surface area contributed by atoms with Gasteiger partial charge in [0, 0.05) is 29.7 Å². The minimum Gasteiger partial charge on any atom is -0.326 e. The third kappa shape index (κ3) is 3.61. The van der Waals surface area contributed by atoms with Crippen molar-refractivity contribution >= 4 is 33.2 Å². The molecule has 1 unspecified atom stereocenters. The fourth-order valence-electron chi connectivity index (χ4n) is 3.90. The lowest BCUT2D eigenvalue weighted by molar-refractivity contribution is -0.116. The van der Waals surface area contributed by atoms with Crippen LogP contribution in [-0.2, 0) is 27.7 Å². The molecule has 7 heteroatoms. The number of fused-ring (bicyclic) bond motifs is 1. The second-order valence-electron chi connectivity index (χ2n) is 7.07.